The highest BCUT2D eigenvalue weighted by Gasteiger charge is 2.30. The maximum absolute atomic E-state index is 11.8. The topological polar surface area (TPSA) is 58.6 Å². The van der Waals surface area contributed by atoms with Crippen molar-refractivity contribution in [2.45, 2.75) is 58.5 Å². The Morgan fingerprint density at radius 3 is 3.00 bits per heavy atom. The van der Waals surface area contributed by atoms with Crippen LogP contribution in [0.3, 0.4) is 0 Å². The number of nitrogens with one attached hydrogen (secondary N) is 1. The number of hydrogen-bond acceptors (Lipinski definition) is 4. The molecule has 1 aromatic carbocycles. The van der Waals surface area contributed by atoms with E-state index < -0.39 is 0 Å². The summed E-state index contributed by atoms with van der Waals surface area (Å²) >= 11 is 0. The van der Waals surface area contributed by atoms with Gasteiger partial charge in [-0.2, -0.15) is 0 Å². The smallest absolute Gasteiger partial charge is 0.156 e. The number of carbonyl (C=O) groups is 1. The lowest BCUT2D eigenvalue weighted by Gasteiger charge is -2.32. The molecule has 2 atom stereocenters. The molecule has 1 aliphatic heterocycles. The highest BCUT2D eigenvalue weighted by molar-refractivity contribution is 6.02. The predicted molar refractivity (Wildman–Crippen MR) is 96.5 cm³/mol. The zero-order chi connectivity index (χ0) is 17.1. The third-order valence-electron chi connectivity index (χ3n) is 4.97. The van der Waals surface area contributed by atoms with Crippen molar-refractivity contribution in [2.24, 2.45) is 5.92 Å². The second-order valence-corrected chi connectivity index (χ2v) is 6.97. The van der Waals surface area contributed by atoms with Gasteiger partial charge in [-0.1, -0.05) is 19.8 Å². The highest BCUT2D eigenvalue weighted by Crippen LogP contribution is 2.45. The second kappa shape index (κ2) is 7.29. The van der Waals surface area contributed by atoms with E-state index in [-0.39, 0.29) is 17.6 Å². The Hall–Kier alpha value is -1.97. The normalized spacial score (nSPS) is 20.5. The van der Waals surface area contributed by atoms with E-state index in [2.05, 4.69) is 19.2 Å². The van der Waals surface area contributed by atoms with Gasteiger partial charge in [-0.05, 0) is 37.8 Å². The number of ether oxygens (including phenoxy) is 1. The molecular weight excluding hydrogens is 302 g/mol. The first kappa shape index (κ1) is 16.9. The van der Waals surface area contributed by atoms with Crippen LogP contribution in [-0.2, 0) is 4.79 Å². The summed E-state index contributed by atoms with van der Waals surface area (Å²) in [5.41, 5.74) is 2.60. The van der Waals surface area contributed by atoms with Gasteiger partial charge in [-0.25, -0.2) is 0 Å². The van der Waals surface area contributed by atoms with E-state index in [1.807, 2.05) is 6.07 Å². The Balaban J connectivity index is 1.80. The summed E-state index contributed by atoms with van der Waals surface area (Å²) in [6, 6.07) is 3.63. The molecule has 0 radical (unpaired) electrons. The number of carbonyl (C=O) groups excluding carboxylic acids is 1. The lowest BCUT2D eigenvalue weighted by atomic mass is 9.80. The van der Waals surface area contributed by atoms with Crippen LogP contribution in [0.25, 0.3) is 5.57 Å². The lowest BCUT2D eigenvalue weighted by Crippen LogP contribution is -2.26. The molecule has 0 spiro atoms. The number of hydrogen-bond donors (Lipinski definition) is 2. The van der Waals surface area contributed by atoms with E-state index in [0.717, 1.165) is 42.6 Å². The van der Waals surface area contributed by atoms with Crippen molar-refractivity contribution < 1.29 is 14.6 Å². The fraction of sp³-hybridized carbons (Fsp3) is 0.550. The van der Waals surface area contributed by atoms with Crippen LogP contribution in [0.2, 0.25) is 0 Å². The molecule has 0 bridgehead atoms. The number of phenolic OH excluding ortho intramolecular Hbond substituents is 1. The van der Waals surface area contributed by atoms with E-state index in [0.29, 0.717) is 18.1 Å². The zero-order valence-electron chi connectivity index (χ0n) is 14.6. The van der Waals surface area contributed by atoms with Crippen LogP contribution in [0.4, 0.5) is 5.69 Å². The minimum Gasteiger partial charge on any atom is -0.507 e. The Kier molecular flexibility index (Phi) is 5.12. The maximum atomic E-state index is 11.8. The molecule has 1 aromatic rings. The van der Waals surface area contributed by atoms with Crippen molar-refractivity contribution in [3.05, 3.63) is 23.8 Å². The standard InChI is InChI=1S/C20H27NO3/c1-3-4-5-6-13(2)24-16-10-18-20(19(23)11-16)17-9-15(22)8-7-14(17)12-21-18/h9-11,13-14,21,23H,3-8,12H2,1-2H3. The number of benzene rings is 1. The first-order valence-electron chi connectivity index (χ1n) is 9.10. The van der Waals surface area contributed by atoms with Crippen LogP contribution in [0.5, 0.6) is 11.5 Å². The fourth-order valence-electron chi connectivity index (χ4n) is 3.64. The number of anilines is 1. The number of unbranched alkanes of at least 4 members (excludes halogenated alkanes) is 2. The van der Waals surface area contributed by atoms with E-state index in [9.17, 15) is 9.90 Å². The molecule has 1 aliphatic carbocycles. The molecule has 0 fully saturated rings. The molecular formula is C20H27NO3. The first-order valence-corrected chi connectivity index (χ1v) is 9.10. The van der Waals surface area contributed by atoms with Gasteiger partial charge in [0.1, 0.15) is 11.5 Å². The van der Waals surface area contributed by atoms with Crippen molar-refractivity contribution in [1.82, 2.24) is 0 Å². The number of allylic oxidation sites excluding steroid dienone is 1. The van der Waals surface area contributed by atoms with Gasteiger partial charge in [0.25, 0.3) is 0 Å². The average Bonchev–Trinajstić information content (AvgIpc) is 2.54. The van der Waals surface area contributed by atoms with Crippen molar-refractivity contribution in [3.63, 3.8) is 0 Å². The predicted octanol–water partition coefficient (Wildman–Crippen LogP) is 4.53. The molecule has 4 nitrogen and oxygen atoms in total. The maximum Gasteiger partial charge on any atom is 0.156 e. The van der Waals surface area contributed by atoms with Gasteiger partial charge in [0.2, 0.25) is 0 Å². The lowest BCUT2D eigenvalue weighted by molar-refractivity contribution is -0.115. The summed E-state index contributed by atoms with van der Waals surface area (Å²) < 4.78 is 5.98. The van der Waals surface area contributed by atoms with Crippen molar-refractivity contribution in [2.75, 3.05) is 11.9 Å². The molecule has 3 rings (SSSR count). The summed E-state index contributed by atoms with van der Waals surface area (Å²) in [4.78, 5) is 11.8. The molecule has 0 amide bonds. The Labute approximate surface area is 143 Å². The van der Waals surface area contributed by atoms with Gasteiger partial charge in [-0.3, -0.25) is 4.79 Å². The number of fused-ring (bicyclic) bond motifs is 3. The number of phenols is 1. The minimum absolute atomic E-state index is 0.126. The molecule has 0 saturated carbocycles. The quantitative estimate of drug-likeness (QED) is 0.753. The number of aromatic hydroxyl groups is 1. The van der Waals surface area contributed by atoms with Crippen LogP contribution < -0.4 is 10.1 Å². The summed E-state index contributed by atoms with van der Waals surface area (Å²) in [5.74, 6) is 1.34. The van der Waals surface area contributed by atoms with E-state index in [4.69, 9.17) is 4.74 Å². The number of ketones is 1. The average molecular weight is 329 g/mol. The van der Waals surface area contributed by atoms with Crippen molar-refractivity contribution in [1.29, 1.82) is 0 Å². The van der Waals surface area contributed by atoms with Crippen LogP contribution in [0, 0.1) is 5.92 Å². The highest BCUT2D eigenvalue weighted by atomic mass is 16.5. The van der Waals surface area contributed by atoms with Crippen molar-refractivity contribution in [3.8, 4) is 11.5 Å². The van der Waals surface area contributed by atoms with Gasteiger partial charge in [0, 0.05) is 42.3 Å². The molecule has 0 aromatic heterocycles. The van der Waals surface area contributed by atoms with Crippen LogP contribution in [0.15, 0.2) is 18.2 Å². The van der Waals surface area contributed by atoms with E-state index in [1.54, 1.807) is 12.1 Å². The monoisotopic (exact) mass is 329 g/mol. The first-order chi connectivity index (χ1) is 11.6. The van der Waals surface area contributed by atoms with Crippen molar-refractivity contribution >= 4 is 17.0 Å². The van der Waals surface area contributed by atoms with Gasteiger partial charge >= 0.3 is 0 Å². The zero-order valence-corrected chi connectivity index (χ0v) is 14.6. The molecule has 2 aliphatic rings. The third-order valence-corrected chi connectivity index (χ3v) is 4.97. The summed E-state index contributed by atoms with van der Waals surface area (Å²) in [6.45, 7) is 5.07. The molecule has 0 saturated heterocycles. The molecule has 24 heavy (non-hydrogen) atoms. The molecule has 2 N–H and O–H groups in total. The summed E-state index contributed by atoms with van der Waals surface area (Å²) in [6.07, 6.45) is 7.87. The van der Waals surface area contributed by atoms with Gasteiger partial charge in [0.15, 0.2) is 5.78 Å². The molecule has 4 heteroatoms. The molecule has 130 valence electrons. The SMILES string of the molecule is CCCCCC(C)Oc1cc(O)c2c(c1)NCC1CCC(=O)C=C21. The Morgan fingerprint density at radius 1 is 1.38 bits per heavy atom. The Bertz CT molecular complexity index is 651. The van der Waals surface area contributed by atoms with Crippen LogP contribution in [-0.4, -0.2) is 23.5 Å². The van der Waals surface area contributed by atoms with Gasteiger partial charge in [0.05, 0.1) is 6.10 Å². The molecule has 1 heterocycles. The third kappa shape index (κ3) is 3.58. The van der Waals surface area contributed by atoms with E-state index >= 15 is 0 Å². The van der Waals surface area contributed by atoms with E-state index in [1.165, 1.54) is 12.8 Å². The fourth-order valence-corrected chi connectivity index (χ4v) is 3.64. The molecule has 2 unspecified atom stereocenters. The van der Waals surface area contributed by atoms with Gasteiger partial charge in [-0.15, -0.1) is 0 Å². The Morgan fingerprint density at radius 2 is 2.21 bits per heavy atom. The second-order valence-electron chi connectivity index (χ2n) is 6.97. The summed E-state index contributed by atoms with van der Waals surface area (Å²) in [5, 5.41) is 13.9. The number of rotatable bonds is 6. The van der Waals surface area contributed by atoms with Crippen LogP contribution >= 0.6 is 0 Å². The minimum atomic E-state index is 0.126. The summed E-state index contributed by atoms with van der Waals surface area (Å²) in [7, 11) is 0. The largest absolute Gasteiger partial charge is 0.507 e. The van der Waals surface area contributed by atoms with Crippen LogP contribution in [0.1, 0.15) is 57.9 Å². The van der Waals surface area contributed by atoms with Gasteiger partial charge < -0.3 is 15.2 Å².